The summed E-state index contributed by atoms with van der Waals surface area (Å²) in [6.45, 7) is 11.5. The van der Waals surface area contributed by atoms with E-state index in [9.17, 15) is 10.2 Å². The van der Waals surface area contributed by atoms with Crippen molar-refractivity contribution in [2.45, 2.75) is 304 Å². The van der Waals surface area contributed by atoms with Crippen molar-refractivity contribution in [1.82, 2.24) is 0 Å². The molecule has 67 heavy (non-hydrogen) atoms. The van der Waals surface area contributed by atoms with E-state index in [4.69, 9.17) is 0 Å². The number of phenolic OH excluding ortho intramolecular Hbond substituents is 2. The zero-order chi connectivity index (χ0) is 48.0. The van der Waals surface area contributed by atoms with Crippen molar-refractivity contribution in [2.24, 2.45) is 0 Å². The van der Waals surface area contributed by atoms with Gasteiger partial charge in [0.25, 0.3) is 0 Å². The van der Waals surface area contributed by atoms with Gasteiger partial charge in [0.05, 0.1) is 0 Å². The van der Waals surface area contributed by atoms with E-state index < -0.39 is 0 Å². The summed E-state index contributed by atoms with van der Waals surface area (Å²) in [4.78, 5) is 0. The first-order valence-corrected chi connectivity index (χ1v) is 29.6. The average Bonchev–Trinajstić information content (AvgIpc) is 3.32. The molecule has 0 aliphatic carbocycles. The highest BCUT2D eigenvalue weighted by Gasteiger charge is 2.16. The zero-order valence-electron chi connectivity index (χ0n) is 45.1. The van der Waals surface area contributed by atoms with Crippen molar-refractivity contribution in [3.63, 3.8) is 0 Å². The quantitative estimate of drug-likeness (QED) is 0.0555. The molecule has 2 N–H and O–H groups in total. The van der Waals surface area contributed by atoms with Gasteiger partial charge < -0.3 is 10.2 Å². The molecule has 3 aromatic rings. The Bertz CT molecular complexity index is 1540. The predicted octanol–water partition coefficient (Wildman–Crippen LogP) is 20.5. The van der Waals surface area contributed by atoms with Crippen LogP contribution in [-0.4, -0.2) is 10.2 Å². The second-order valence-corrected chi connectivity index (χ2v) is 21.3. The third-order valence-corrected chi connectivity index (χ3v) is 14.8. The van der Waals surface area contributed by atoms with Gasteiger partial charge in [0.15, 0.2) is 0 Å². The van der Waals surface area contributed by atoms with Gasteiger partial charge in [0.2, 0.25) is 0 Å². The molecule has 0 aliphatic rings. The summed E-state index contributed by atoms with van der Waals surface area (Å²) in [6.07, 6.45) is 52.2. The van der Waals surface area contributed by atoms with Gasteiger partial charge in [0, 0.05) is 12.8 Å². The van der Waals surface area contributed by atoms with Crippen LogP contribution in [0.1, 0.15) is 309 Å². The summed E-state index contributed by atoms with van der Waals surface area (Å²) in [5.74, 6) is 1.04. The van der Waals surface area contributed by atoms with Gasteiger partial charge in [-0.3, -0.25) is 0 Å². The average molecular weight is 921 g/mol. The standard InChI is InChI=1S/C65H107O2/c1-6-11-16-21-26-31-36-41-55-46-58(53-62-51-56(42-37-32-27-22-17-12-7-2)49-60(64(62)66)44-39-34-29-24-19-14-9-4)48-59(47-55)54-63-52-57(43-38-33-28-23-18-13-8-3)50-61(65(63)67)45-40-35-30-25-20-15-10-5/h46-47,49-52,66-67H,6-45,53-54H2,1-5H3. The van der Waals surface area contributed by atoms with E-state index >= 15 is 0 Å². The van der Waals surface area contributed by atoms with Crippen LogP contribution >= 0.6 is 0 Å². The van der Waals surface area contributed by atoms with E-state index in [1.165, 1.54) is 240 Å². The summed E-state index contributed by atoms with van der Waals surface area (Å²) < 4.78 is 0. The molecule has 0 fully saturated rings. The van der Waals surface area contributed by atoms with E-state index in [2.05, 4.69) is 77.1 Å². The minimum atomic E-state index is 0.521. The largest absolute Gasteiger partial charge is 0.507 e. The van der Waals surface area contributed by atoms with Gasteiger partial charge >= 0.3 is 0 Å². The van der Waals surface area contributed by atoms with Gasteiger partial charge in [-0.2, -0.15) is 0 Å². The van der Waals surface area contributed by atoms with E-state index in [1.807, 2.05) is 0 Å². The first kappa shape index (κ1) is 58.6. The first-order valence-electron chi connectivity index (χ1n) is 29.6. The topological polar surface area (TPSA) is 40.5 Å². The summed E-state index contributed by atoms with van der Waals surface area (Å²) in [6, 6.07) is 18.1. The molecule has 3 rings (SSSR count). The lowest BCUT2D eigenvalue weighted by Crippen LogP contribution is -2.02. The number of benzene rings is 3. The Morgan fingerprint density at radius 1 is 0.269 bits per heavy atom. The number of phenols is 2. The number of unbranched alkanes of at least 4 members (excludes halogenated alkanes) is 30. The van der Waals surface area contributed by atoms with Crippen molar-refractivity contribution in [3.05, 3.63) is 92.5 Å². The molecular formula is C65H107O2. The minimum absolute atomic E-state index is 0.521. The number of aromatic hydroxyl groups is 2. The number of rotatable bonds is 44. The maximum Gasteiger partial charge on any atom is 0.122 e. The van der Waals surface area contributed by atoms with Crippen molar-refractivity contribution < 1.29 is 10.2 Å². The van der Waals surface area contributed by atoms with Crippen LogP contribution in [0.4, 0.5) is 0 Å². The Hall–Kier alpha value is -2.74. The fraction of sp³-hybridized carbons (Fsp3) is 0.723. The van der Waals surface area contributed by atoms with Crippen LogP contribution < -0.4 is 0 Å². The van der Waals surface area contributed by atoms with Crippen molar-refractivity contribution in [3.8, 4) is 11.5 Å². The first-order chi connectivity index (χ1) is 32.9. The van der Waals surface area contributed by atoms with Crippen LogP contribution in [0, 0.1) is 6.07 Å². The van der Waals surface area contributed by atoms with Crippen LogP contribution in [-0.2, 0) is 44.9 Å². The fourth-order valence-electron chi connectivity index (χ4n) is 10.5. The molecular weight excluding hydrogens is 813 g/mol. The van der Waals surface area contributed by atoms with E-state index in [0.717, 1.165) is 67.2 Å². The predicted molar refractivity (Wildman–Crippen MR) is 296 cm³/mol. The van der Waals surface area contributed by atoms with Crippen molar-refractivity contribution >= 4 is 0 Å². The van der Waals surface area contributed by atoms with Crippen LogP contribution in [0.25, 0.3) is 0 Å². The number of hydrogen-bond acceptors (Lipinski definition) is 2. The molecule has 0 unspecified atom stereocenters. The molecule has 0 saturated carbocycles. The Labute approximate surface area is 416 Å². The van der Waals surface area contributed by atoms with Gasteiger partial charge in [-0.15, -0.1) is 0 Å². The molecule has 0 atom stereocenters. The molecule has 0 saturated heterocycles. The molecule has 0 spiro atoms. The highest BCUT2D eigenvalue weighted by atomic mass is 16.3. The minimum Gasteiger partial charge on any atom is -0.507 e. The van der Waals surface area contributed by atoms with Crippen LogP contribution in [0.5, 0.6) is 11.5 Å². The maximum atomic E-state index is 12.0. The van der Waals surface area contributed by atoms with Gasteiger partial charge in [-0.1, -0.05) is 264 Å². The molecule has 0 heterocycles. The lowest BCUT2D eigenvalue weighted by Gasteiger charge is -2.17. The van der Waals surface area contributed by atoms with Crippen molar-refractivity contribution in [2.75, 3.05) is 0 Å². The second-order valence-electron chi connectivity index (χ2n) is 21.3. The molecule has 2 heteroatoms. The molecule has 0 bridgehead atoms. The van der Waals surface area contributed by atoms with Gasteiger partial charge in [0.1, 0.15) is 11.5 Å². The third-order valence-electron chi connectivity index (χ3n) is 14.8. The molecule has 1 radical (unpaired) electrons. The highest BCUT2D eigenvalue weighted by molar-refractivity contribution is 5.49. The molecule has 3 aromatic carbocycles. The lowest BCUT2D eigenvalue weighted by atomic mass is 9.90. The normalized spacial score (nSPS) is 11.6. The summed E-state index contributed by atoms with van der Waals surface area (Å²) in [7, 11) is 0. The number of hydrogen-bond donors (Lipinski definition) is 2. The second kappa shape index (κ2) is 39.0. The third kappa shape index (κ3) is 26.7. The van der Waals surface area contributed by atoms with Crippen LogP contribution in [0.15, 0.2) is 36.4 Å². The fourth-order valence-corrected chi connectivity index (χ4v) is 10.5. The monoisotopic (exact) mass is 920 g/mol. The molecule has 0 amide bonds. The Morgan fingerprint density at radius 2 is 0.493 bits per heavy atom. The van der Waals surface area contributed by atoms with Crippen LogP contribution in [0.2, 0.25) is 0 Å². The van der Waals surface area contributed by atoms with Gasteiger partial charge in [-0.25, -0.2) is 0 Å². The number of aryl methyl sites for hydroxylation is 5. The zero-order valence-corrected chi connectivity index (χ0v) is 45.1. The summed E-state index contributed by atoms with van der Waals surface area (Å²) >= 11 is 0. The molecule has 379 valence electrons. The van der Waals surface area contributed by atoms with Gasteiger partial charge in [-0.05, 0) is 120 Å². The van der Waals surface area contributed by atoms with Crippen LogP contribution in [0.3, 0.4) is 0 Å². The SMILES string of the molecule is CCCCCCCCCc1cc(Cc2cc(CCCCCCCCC)cc(CCCCCCCCC)c2O)[c]c(Cc2cc(CCCCCCCCC)cc(CCCCCCCCC)c2O)c1. The molecule has 0 aliphatic heterocycles. The Morgan fingerprint density at radius 3 is 0.776 bits per heavy atom. The summed E-state index contributed by atoms with van der Waals surface area (Å²) in [5.41, 5.74) is 11.0. The van der Waals surface area contributed by atoms with E-state index in [-0.39, 0.29) is 0 Å². The highest BCUT2D eigenvalue weighted by Crippen LogP contribution is 2.33. The summed E-state index contributed by atoms with van der Waals surface area (Å²) in [5, 5.41) is 24.0. The maximum absolute atomic E-state index is 12.0. The smallest absolute Gasteiger partial charge is 0.122 e. The lowest BCUT2D eigenvalue weighted by molar-refractivity contribution is 0.459. The van der Waals surface area contributed by atoms with Crippen molar-refractivity contribution in [1.29, 1.82) is 0 Å². The Balaban J connectivity index is 1.92. The Kier molecular flexibility index (Phi) is 34.1. The molecule has 2 nitrogen and oxygen atoms in total. The molecule has 0 aromatic heterocycles. The van der Waals surface area contributed by atoms with E-state index in [1.54, 1.807) is 0 Å². The van der Waals surface area contributed by atoms with E-state index in [0.29, 0.717) is 24.3 Å².